The van der Waals surface area contributed by atoms with Crippen LogP contribution in [0.5, 0.6) is 5.88 Å². The summed E-state index contributed by atoms with van der Waals surface area (Å²) < 4.78 is 8.29. The van der Waals surface area contributed by atoms with E-state index in [2.05, 4.69) is 34.9 Å². The Kier molecular flexibility index (Phi) is 3.36. The van der Waals surface area contributed by atoms with Crippen molar-refractivity contribution in [3.63, 3.8) is 0 Å². The van der Waals surface area contributed by atoms with Crippen molar-refractivity contribution in [3.8, 4) is 5.88 Å². The van der Waals surface area contributed by atoms with Gasteiger partial charge in [0.2, 0.25) is 5.88 Å². The normalized spacial score (nSPS) is 11.3. The van der Waals surface area contributed by atoms with Crippen molar-refractivity contribution in [1.29, 1.82) is 0 Å². The van der Waals surface area contributed by atoms with Gasteiger partial charge in [-0.15, -0.1) is 5.10 Å². The molecule has 3 nitrogen and oxygen atoms in total. The van der Waals surface area contributed by atoms with E-state index in [4.69, 9.17) is 4.74 Å². The Labute approximate surface area is 87.2 Å². The topological polar surface area (TPSA) is 27.1 Å². The van der Waals surface area contributed by atoms with Gasteiger partial charge in [0.25, 0.3) is 0 Å². The van der Waals surface area contributed by atoms with Crippen LogP contribution >= 0.6 is 15.9 Å². The molecule has 1 aromatic heterocycles. The molecule has 0 saturated carbocycles. The molecule has 74 valence electrons. The highest BCUT2D eigenvalue weighted by atomic mass is 79.9. The summed E-state index contributed by atoms with van der Waals surface area (Å²) in [5.41, 5.74) is 0. The molecule has 0 saturated heterocycles. The lowest BCUT2D eigenvalue weighted by atomic mass is 10.4. The largest absolute Gasteiger partial charge is 0.473 e. The van der Waals surface area contributed by atoms with Gasteiger partial charge in [0, 0.05) is 12.2 Å². The first kappa shape index (κ1) is 10.6. The number of hydrogen-bond donors (Lipinski definition) is 0. The molecule has 0 bridgehead atoms. The fourth-order valence-corrected chi connectivity index (χ4v) is 1.30. The van der Waals surface area contributed by atoms with Gasteiger partial charge in [-0.3, -0.25) is 4.68 Å². The summed E-state index contributed by atoms with van der Waals surface area (Å²) in [7, 11) is 0. The number of aromatic nitrogens is 2. The second kappa shape index (κ2) is 4.13. The van der Waals surface area contributed by atoms with Crippen LogP contribution in [0, 0.1) is 0 Å². The molecule has 13 heavy (non-hydrogen) atoms. The number of halogens is 1. The molecule has 0 amide bonds. The Balaban J connectivity index is 2.83. The summed E-state index contributed by atoms with van der Waals surface area (Å²) in [5, 5.41) is 4.30. The van der Waals surface area contributed by atoms with Gasteiger partial charge in [0.1, 0.15) is 0 Å². The summed E-state index contributed by atoms with van der Waals surface area (Å²) in [6, 6.07) is 0.362. The fourth-order valence-electron chi connectivity index (χ4n) is 0.921. The lowest BCUT2D eigenvalue weighted by Crippen LogP contribution is -2.07. The predicted molar refractivity (Wildman–Crippen MR) is 56.1 cm³/mol. The number of nitrogens with zero attached hydrogens (tertiary/aromatic N) is 2. The van der Waals surface area contributed by atoms with Crippen LogP contribution in [-0.2, 0) is 0 Å². The van der Waals surface area contributed by atoms with Gasteiger partial charge in [-0.1, -0.05) is 0 Å². The van der Waals surface area contributed by atoms with Gasteiger partial charge in [-0.05, 0) is 43.6 Å². The van der Waals surface area contributed by atoms with E-state index in [1.165, 1.54) is 0 Å². The molecule has 0 radical (unpaired) electrons. The molecular weight excluding hydrogens is 232 g/mol. The Morgan fingerprint density at radius 1 is 1.38 bits per heavy atom. The van der Waals surface area contributed by atoms with Crippen LogP contribution in [0.25, 0.3) is 0 Å². The monoisotopic (exact) mass is 246 g/mol. The highest BCUT2D eigenvalue weighted by Crippen LogP contribution is 2.25. The van der Waals surface area contributed by atoms with E-state index < -0.39 is 0 Å². The molecule has 0 aliphatic heterocycles. The molecule has 1 rings (SSSR count). The molecule has 0 unspecified atom stereocenters. The third-order valence-electron chi connectivity index (χ3n) is 1.53. The molecule has 4 heteroatoms. The van der Waals surface area contributed by atoms with E-state index >= 15 is 0 Å². The SMILES string of the molecule is CC(C)Oc1nn(C(C)C)cc1Br. The minimum Gasteiger partial charge on any atom is -0.473 e. The summed E-state index contributed by atoms with van der Waals surface area (Å²) in [6.45, 7) is 8.14. The van der Waals surface area contributed by atoms with Crippen molar-refractivity contribution < 1.29 is 4.74 Å². The van der Waals surface area contributed by atoms with E-state index in [0.717, 1.165) is 4.47 Å². The molecule has 0 aromatic carbocycles. The minimum absolute atomic E-state index is 0.159. The summed E-state index contributed by atoms with van der Waals surface area (Å²) in [6.07, 6.45) is 2.09. The minimum atomic E-state index is 0.159. The zero-order chi connectivity index (χ0) is 10.0. The third-order valence-corrected chi connectivity index (χ3v) is 2.08. The second-order valence-electron chi connectivity index (χ2n) is 3.52. The smallest absolute Gasteiger partial charge is 0.247 e. The zero-order valence-corrected chi connectivity index (χ0v) is 10.00. The first-order chi connectivity index (χ1) is 6.00. The van der Waals surface area contributed by atoms with Crippen LogP contribution in [0.4, 0.5) is 0 Å². The quantitative estimate of drug-likeness (QED) is 0.820. The molecule has 0 aliphatic rings. The molecule has 0 spiro atoms. The first-order valence-electron chi connectivity index (χ1n) is 4.42. The standard InChI is InChI=1S/C9H15BrN2O/c1-6(2)12-5-8(10)9(11-12)13-7(3)4/h5-7H,1-4H3. The molecule has 0 N–H and O–H groups in total. The number of hydrogen-bond acceptors (Lipinski definition) is 2. The molecule has 0 fully saturated rings. The Hall–Kier alpha value is -0.510. The second-order valence-corrected chi connectivity index (χ2v) is 4.38. The van der Waals surface area contributed by atoms with E-state index in [-0.39, 0.29) is 6.10 Å². The molecule has 0 aliphatic carbocycles. The van der Waals surface area contributed by atoms with E-state index in [9.17, 15) is 0 Å². The van der Waals surface area contributed by atoms with E-state index in [0.29, 0.717) is 11.9 Å². The molecule has 1 heterocycles. The lowest BCUT2D eigenvalue weighted by molar-refractivity contribution is 0.227. The molecule has 0 atom stereocenters. The lowest BCUT2D eigenvalue weighted by Gasteiger charge is -2.07. The zero-order valence-electron chi connectivity index (χ0n) is 8.41. The van der Waals surface area contributed by atoms with Crippen molar-refractivity contribution in [1.82, 2.24) is 9.78 Å². The highest BCUT2D eigenvalue weighted by molar-refractivity contribution is 9.10. The van der Waals surface area contributed by atoms with Gasteiger partial charge in [0.05, 0.1) is 10.6 Å². The molecular formula is C9H15BrN2O. The maximum absolute atomic E-state index is 5.50. The van der Waals surface area contributed by atoms with Crippen molar-refractivity contribution >= 4 is 15.9 Å². The van der Waals surface area contributed by atoms with Crippen molar-refractivity contribution in [2.24, 2.45) is 0 Å². The highest BCUT2D eigenvalue weighted by Gasteiger charge is 2.10. The van der Waals surface area contributed by atoms with Crippen LogP contribution < -0.4 is 4.74 Å². The van der Waals surface area contributed by atoms with Crippen molar-refractivity contribution in [2.45, 2.75) is 39.8 Å². The van der Waals surface area contributed by atoms with Gasteiger partial charge >= 0.3 is 0 Å². The summed E-state index contributed by atoms with van der Waals surface area (Å²) in [4.78, 5) is 0. The van der Waals surface area contributed by atoms with E-state index in [1.54, 1.807) is 0 Å². The average Bonchev–Trinajstić information content (AvgIpc) is 2.31. The van der Waals surface area contributed by atoms with E-state index in [1.807, 2.05) is 24.7 Å². The van der Waals surface area contributed by atoms with Crippen LogP contribution in [0.1, 0.15) is 33.7 Å². The van der Waals surface area contributed by atoms with Crippen molar-refractivity contribution in [2.75, 3.05) is 0 Å². The van der Waals surface area contributed by atoms with Crippen molar-refractivity contribution in [3.05, 3.63) is 10.7 Å². The van der Waals surface area contributed by atoms with Gasteiger partial charge < -0.3 is 4.74 Å². The maximum Gasteiger partial charge on any atom is 0.247 e. The number of rotatable bonds is 3. The van der Waals surface area contributed by atoms with Gasteiger partial charge in [-0.2, -0.15) is 0 Å². The van der Waals surface area contributed by atoms with Gasteiger partial charge in [-0.25, -0.2) is 0 Å². The van der Waals surface area contributed by atoms with Crippen LogP contribution in [0.3, 0.4) is 0 Å². The fraction of sp³-hybridized carbons (Fsp3) is 0.667. The molecule has 1 aromatic rings. The Bertz CT molecular complexity index is 281. The van der Waals surface area contributed by atoms with Gasteiger partial charge in [0.15, 0.2) is 0 Å². The summed E-state index contributed by atoms with van der Waals surface area (Å²) >= 11 is 3.41. The predicted octanol–water partition coefficient (Wildman–Crippen LogP) is 3.01. The van der Waals surface area contributed by atoms with Crippen LogP contribution in [-0.4, -0.2) is 15.9 Å². The van der Waals surface area contributed by atoms with Crippen LogP contribution in [0.2, 0.25) is 0 Å². The Morgan fingerprint density at radius 3 is 2.38 bits per heavy atom. The summed E-state index contributed by atoms with van der Waals surface area (Å²) in [5.74, 6) is 0.670. The third kappa shape index (κ3) is 2.72. The first-order valence-corrected chi connectivity index (χ1v) is 5.21. The number of ether oxygens (including phenoxy) is 1. The van der Waals surface area contributed by atoms with Crippen LogP contribution in [0.15, 0.2) is 10.7 Å². The Morgan fingerprint density at radius 2 is 2.00 bits per heavy atom. The maximum atomic E-state index is 5.50. The average molecular weight is 247 g/mol.